The highest BCUT2D eigenvalue weighted by molar-refractivity contribution is 7.14. The number of aliphatic carboxylic acids is 1. The lowest BCUT2D eigenvalue weighted by Gasteiger charge is -2.21. The number of carboxylic acids is 1. The molecule has 11 heteroatoms. The molecule has 1 rings (SSSR count). The third-order valence-electron chi connectivity index (χ3n) is 1.99. The lowest BCUT2D eigenvalue weighted by molar-refractivity contribution is -0.149. The smallest absolute Gasteiger partial charge is 0.406 e. The van der Waals surface area contributed by atoms with Crippen molar-refractivity contribution in [2.75, 3.05) is 18.4 Å². The fourth-order valence-electron chi connectivity index (χ4n) is 1.32. The molecule has 0 unspecified atom stereocenters. The van der Waals surface area contributed by atoms with Crippen LogP contribution in [0.4, 0.5) is 18.3 Å². The van der Waals surface area contributed by atoms with Gasteiger partial charge < -0.3 is 15.3 Å². The second kappa shape index (κ2) is 6.52. The molecule has 0 aliphatic carbocycles. The van der Waals surface area contributed by atoms with Crippen molar-refractivity contribution in [2.45, 2.75) is 13.1 Å². The van der Waals surface area contributed by atoms with Crippen LogP contribution >= 0.6 is 11.3 Å². The van der Waals surface area contributed by atoms with Gasteiger partial charge in [0.15, 0.2) is 5.13 Å². The number of hydrogen-bond donors (Lipinski definition) is 2. The van der Waals surface area contributed by atoms with E-state index in [1.807, 2.05) is 0 Å². The second-order valence-corrected chi connectivity index (χ2v) is 4.75. The first-order chi connectivity index (χ1) is 9.58. The van der Waals surface area contributed by atoms with Gasteiger partial charge in [0.2, 0.25) is 5.91 Å². The molecule has 0 aliphatic heterocycles. The predicted molar refractivity (Wildman–Crippen MR) is 66.0 cm³/mol. The Bertz CT molecular complexity index is 558. The third-order valence-corrected chi connectivity index (χ3v) is 2.75. The summed E-state index contributed by atoms with van der Waals surface area (Å²) in [5, 5.41) is 12.0. The first kappa shape index (κ1) is 16.9. The van der Waals surface area contributed by atoms with Crippen molar-refractivity contribution in [2.24, 2.45) is 0 Å². The molecule has 1 heterocycles. The number of rotatable bonds is 5. The van der Waals surface area contributed by atoms with Gasteiger partial charge in [-0.3, -0.25) is 14.4 Å². The van der Waals surface area contributed by atoms with Gasteiger partial charge in [-0.15, -0.1) is 11.3 Å². The number of nitrogens with one attached hydrogen (secondary N) is 1. The second-order valence-electron chi connectivity index (χ2n) is 3.89. The number of aromatic nitrogens is 1. The molecule has 1 aromatic rings. The zero-order valence-corrected chi connectivity index (χ0v) is 11.4. The molecule has 0 saturated heterocycles. The van der Waals surface area contributed by atoms with Crippen molar-refractivity contribution in [3.63, 3.8) is 0 Å². The minimum Gasteiger partial charge on any atom is -0.480 e. The quantitative estimate of drug-likeness (QED) is 0.847. The largest absolute Gasteiger partial charge is 0.480 e. The molecule has 0 aliphatic rings. The number of carbonyl (C=O) groups is 3. The molecule has 2 amide bonds. The van der Waals surface area contributed by atoms with E-state index in [1.54, 1.807) is 0 Å². The van der Waals surface area contributed by atoms with Gasteiger partial charge in [-0.1, -0.05) is 0 Å². The highest BCUT2D eigenvalue weighted by Gasteiger charge is 2.35. The number of alkyl halides is 3. The summed E-state index contributed by atoms with van der Waals surface area (Å²) in [6.45, 7) is -1.61. The highest BCUT2D eigenvalue weighted by Crippen LogP contribution is 2.20. The summed E-state index contributed by atoms with van der Waals surface area (Å²) >= 11 is 0.841. The Labute approximate surface area is 120 Å². The van der Waals surface area contributed by atoms with Gasteiger partial charge in [0.05, 0.1) is 0 Å². The number of nitrogens with zero attached hydrogens (tertiary/aromatic N) is 2. The van der Waals surface area contributed by atoms with Crippen LogP contribution in [0.3, 0.4) is 0 Å². The monoisotopic (exact) mass is 325 g/mol. The van der Waals surface area contributed by atoms with Gasteiger partial charge in [0.1, 0.15) is 18.8 Å². The number of halogens is 3. The van der Waals surface area contributed by atoms with Crippen molar-refractivity contribution >= 4 is 34.3 Å². The maximum absolute atomic E-state index is 12.3. The van der Waals surface area contributed by atoms with E-state index in [1.165, 1.54) is 6.92 Å². The van der Waals surface area contributed by atoms with Gasteiger partial charge in [-0.05, 0) is 0 Å². The molecule has 0 fully saturated rings. The van der Waals surface area contributed by atoms with E-state index in [4.69, 9.17) is 5.11 Å². The Morgan fingerprint density at radius 2 is 2.05 bits per heavy atom. The molecular formula is C10H10F3N3O4S. The number of carbonyl (C=O) groups excluding carboxylic acids is 2. The van der Waals surface area contributed by atoms with Crippen LogP contribution in [0.2, 0.25) is 0 Å². The van der Waals surface area contributed by atoms with Crippen molar-refractivity contribution in [1.82, 2.24) is 9.88 Å². The predicted octanol–water partition coefficient (Wildman–Crippen LogP) is 1.19. The van der Waals surface area contributed by atoms with Crippen molar-refractivity contribution in [3.05, 3.63) is 11.1 Å². The Morgan fingerprint density at radius 3 is 2.52 bits per heavy atom. The summed E-state index contributed by atoms with van der Waals surface area (Å²) in [5.74, 6) is -3.21. The van der Waals surface area contributed by atoms with Crippen molar-refractivity contribution in [3.8, 4) is 0 Å². The van der Waals surface area contributed by atoms with E-state index in [2.05, 4.69) is 10.3 Å². The van der Waals surface area contributed by atoms with Crippen LogP contribution in [-0.4, -0.2) is 52.0 Å². The van der Waals surface area contributed by atoms with Gasteiger partial charge >= 0.3 is 12.1 Å². The Hall–Kier alpha value is -2.17. The maximum Gasteiger partial charge on any atom is 0.406 e. The van der Waals surface area contributed by atoms with Gasteiger partial charge in [0.25, 0.3) is 5.91 Å². The summed E-state index contributed by atoms with van der Waals surface area (Å²) in [6, 6.07) is 0. The number of carboxylic acid groups (broad SMARTS) is 1. The number of anilines is 1. The summed E-state index contributed by atoms with van der Waals surface area (Å²) in [5.41, 5.74) is -0.366. The minimum absolute atomic E-state index is 0.0353. The molecule has 0 atom stereocenters. The van der Waals surface area contributed by atoms with Gasteiger partial charge in [-0.25, -0.2) is 4.98 Å². The van der Waals surface area contributed by atoms with E-state index in [0.29, 0.717) is 0 Å². The SMILES string of the molecule is CC(=O)Nc1nc(C(=O)N(CC(=O)O)CC(F)(F)F)cs1. The molecule has 0 spiro atoms. The lowest BCUT2D eigenvalue weighted by atomic mass is 10.3. The zero-order valence-electron chi connectivity index (χ0n) is 10.6. The molecule has 0 aromatic carbocycles. The average Bonchev–Trinajstić information content (AvgIpc) is 2.72. The van der Waals surface area contributed by atoms with Crippen LogP contribution in [0.25, 0.3) is 0 Å². The molecule has 0 radical (unpaired) electrons. The summed E-state index contributed by atoms with van der Waals surface area (Å²) < 4.78 is 37.0. The van der Waals surface area contributed by atoms with E-state index in [-0.39, 0.29) is 15.7 Å². The average molecular weight is 325 g/mol. The first-order valence-corrected chi connectivity index (χ1v) is 6.27. The summed E-state index contributed by atoms with van der Waals surface area (Å²) in [7, 11) is 0. The Morgan fingerprint density at radius 1 is 1.43 bits per heavy atom. The number of thiazole rings is 1. The van der Waals surface area contributed by atoms with Crippen molar-refractivity contribution in [1.29, 1.82) is 0 Å². The highest BCUT2D eigenvalue weighted by atomic mass is 32.1. The Kier molecular flexibility index (Phi) is 5.24. The first-order valence-electron chi connectivity index (χ1n) is 5.39. The number of amides is 2. The molecule has 116 valence electrons. The normalized spacial score (nSPS) is 11.0. The number of hydrogen-bond acceptors (Lipinski definition) is 5. The van der Waals surface area contributed by atoms with E-state index >= 15 is 0 Å². The molecule has 1 aromatic heterocycles. The van der Waals surface area contributed by atoms with Crippen LogP contribution in [0.5, 0.6) is 0 Å². The fourth-order valence-corrected chi connectivity index (χ4v) is 2.05. The third kappa shape index (κ3) is 5.77. The van der Waals surface area contributed by atoms with Crippen LogP contribution < -0.4 is 5.32 Å². The fraction of sp³-hybridized carbons (Fsp3) is 0.400. The molecule has 7 nitrogen and oxygen atoms in total. The van der Waals surface area contributed by atoms with Crippen LogP contribution in [0, 0.1) is 0 Å². The lowest BCUT2D eigenvalue weighted by Crippen LogP contribution is -2.42. The molecule has 21 heavy (non-hydrogen) atoms. The van der Waals surface area contributed by atoms with Crippen LogP contribution in [0.1, 0.15) is 17.4 Å². The van der Waals surface area contributed by atoms with Crippen molar-refractivity contribution < 1.29 is 32.7 Å². The van der Waals surface area contributed by atoms with E-state index in [0.717, 1.165) is 16.7 Å². The van der Waals surface area contributed by atoms with E-state index < -0.39 is 37.0 Å². The standard InChI is InChI=1S/C10H10F3N3O4S/c1-5(17)14-9-15-6(3-21-9)8(20)16(2-7(18)19)4-10(11,12)13/h3H,2,4H2,1H3,(H,18,19)(H,14,15,17). The zero-order chi connectivity index (χ0) is 16.2. The Balaban J connectivity index is 2.91. The molecule has 0 saturated carbocycles. The van der Waals surface area contributed by atoms with Crippen LogP contribution in [-0.2, 0) is 9.59 Å². The molecule has 2 N–H and O–H groups in total. The summed E-state index contributed by atoms with van der Waals surface area (Å²) in [6.07, 6.45) is -4.73. The van der Waals surface area contributed by atoms with E-state index in [9.17, 15) is 27.6 Å². The van der Waals surface area contributed by atoms with Gasteiger partial charge in [-0.2, -0.15) is 13.2 Å². The molecule has 0 bridgehead atoms. The minimum atomic E-state index is -4.73. The molecular weight excluding hydrogens is 315 g/mol. The maximum atomic E-state index is 12.3. The van der Waals surface area contributed by atoms with Crippen LogP contribution in [0.15, 0.2) is 5.38 Å². The summed E-state index contributed by atoms with van der Waals surface area (Å²) in [4.78, 5) is 37.0. The van der Waals surface area contributed by atoms with Gasteiger partial charge in [0, 0.05) is 12.3 Å². The topological polar surface area (TPSA) is 99.6 Å².